The fraction of sp³-hybridized carbons (Fsp3) is 0.333. The molecule has 102 valence electrons. The molecule has 1 N–H and O–H groups in total. The Hall–Kier alpha value is -1.26. The fourth-order valence-electron chi connectivity index (χ4n) is 2.16. The Morgan fingerprint density at radius 2 is 1.84 bits per heavy atom. The molecule has 0 radical (unpaired) electrons. The van der Waals surface area contributed by atoms with Crippen LogP contribution in [0.3, 0.4) is 0 Å². The zero-order valence-corrected chi connectivity index (χ0v) is 12.0. The lowest BCUT2D eigenvalue weighted by Crippen LogP contribution is -2.20. The van der Waals surface area contributed by atoms with Crippen LogP contribution < -0.4 is 5.32 Å². The minimum Gasteiger partial charge on any atom is -0.312 e. The summed E-state index contributed by atoms with van der Waals surface area (Å²) in [6, 6.07) is 7.61. The number of benzene rings is 1. The minimum absolute atomic E-state index is 0.232. The van der Waals surface area contributed by atoms with E-state index in [0.717, 1.165) is 15.8 Å². The number of nitrogens with one attached hydrogen (secondary N) is 1. The van der Waals surface area contributed by atoms with Crippen molar-refractivity contribution in [2.75, 3.05) is 7.05 Å². The lowest BCUT2D eigenvalue weighted by molar-refractivity contribution is 0.449. The SMILES string of the molecule is CNC(c1ccc(-c2cc(F)ccc2F)s1)C(C)C. The van der Waals surface area contributed by atoms with Crippen LogP contribution in [0, 0.1) is 17.6 Å². The smallest absolute Gasteiger partial charge is 0.132 e. The zero-order chi connectivity index (χ0) is 14.0. The number of thiophene rings is 1. The van der Waals surface area contributed by atoms with Gasteiger partial charge in [-0.2, -0.15) is 0 Å². The summed E-state index contributed by atoms with van der Waals surface area (Å²) in [5, 5.41) is 3.25. The highest BCUT2D eigenvalue weighted by Crippen LogP contribution is 2.35. The Bertz CT molecular complexity index is 563. The highest BCUT2D eigenvalue weighted by Gasteiger charge is 2.17. The van der Waals surface area contributed by atoms with Crippen molar-refractivity contribution in [3.05, 3.63) is 46.8 Å². The number of hydrogen-bond donors (Lipinski definition) is 1. The van der Waals surface area contributed by atoms with Crippen LogP contribution in [0.2, 0.25) is 0 Å². The Morgan fingerprint density at radius 3 is 2.47 bits per heavy atom. The number of halogens is 2. The molecule has 0 aliphatic heterocycles. The topological polar surface area (TPSA) is 12.0 Å². The lowest BCUT2D eigenvalue weighted by atomic mass is 10.0. The monoisotopic (exact) mass is 281 g/mol. The molecule has 1 nitrogen and oxygen atoms in total. The maximum absolute atomic E-state index is 13.7. The first-order valence-electron chi connectivity index (χ1n) is 6.25. The van der Waals surface area contributed by atoms with Gasteiger partial charge in [0.15, 0.2) is 0 Å². The molecule has 0 aliphatic rings. The third-order valence-electron chi connectivity index (χ3n) is 3.10. The second-order valence-corrected chi connectivity index (χ2v) is 5.95. The third kappa shape index (κ3) is 3.01. The van der Waals surface area contributed by atoms with E-state index in [9.17, 15) is 8.78 Å². The maximum Gasteiger partial charge on any atom is 0.132 e. The van der Waals surface area contributed by atoms with Crippen LogP contribution in [0.5, 0.6) is 0 Å². The van der Waals surface area contributed by atoms with Crippen molar-refractivity contribution in [1.82, 2.24) is 5.32 Å². The predicted octanol–water partition coefficient (Wildman–Crippen LogP) is 4.61. The molecule has 19 heavy (non-hydrogen) atoms. The van der Waals surface area contributed by atoms with Crippen LogP contribution in [0.25, 0.3) is 10.4 Å². The van der Waals surface area contributed by atoms with Crippen molar-refractivity contribution in [2.45, 2.75) is 19.9 Å². The first-order valence-corrected chi connectivity index (χ1v) is 7.07. The Morgan fingerprint density at radius 1 is 1.11 bits per heavy atom. The molecule has 0 saturated heterocycles. The second-order valence-electron chi connectivity index (χ2n) is 4.84. The molecule has 1 heterocycles. The first kappa shape index (κ1) is 14.2. The number of hydrogen-bond acceptors (Lipinski definition) is 2. The van der Waals surface area contributed by atoms with E-state index in [1.165, 1.54) is 23.5 Å². The molecule has 2 rings (SSSR count). The van der Waals surface area contributed by atoms with Crippen LogP contribution in [-0.2, 0) is 0 Å². The van der Waals surface area contributed by atoms with Gasteiger partial charge in [0.2, 0.25) is 0 Å². The van der Waals surface area contributed by atoms with Crippen molar-refractivity contribution in [3.63, 3.8) is 0 Å². The highest BCUT2D eigenvalue weighted by atomic mass is 32.1. The summed E-state index contributed by atoms with van der Waals surface area (Å²) < 4.78 is 26.9. The molecule has 2 aromatic rings. The van der Waals surface area contributed by atoms with Gasteiger partial charge in [0, 0.05) is 21.4 Å². The van der Waals surface area contributed by atoms with Crippen molar-refractivity contribution >= 4 is 11.3 Å². The molecular formula is C15H17F2NS. The van der Waals surface area contributed by atoms with Crippen molar-refractivity contribution in [2.24, 2.45) is 5.92 Å². The van der Waals surface area contributed by atoms with E-state index < -0.39 is 5.82 Å². The average molecular weight is 281 g/mol. The molecule has 4 heteroatoms. The van der Waals surface area contributed by atoms with E-state index in [-0.39, 0.29) is 11.9 Å². The Kier molecular flexibility index (Phi) is 4.32. The summed E-state index contributed by atoms with van der Waals surface area (Å²) in [5.41, 5.74) is 0.329. The standard InChI is InChI=1S/C15H17F2NS/c1-9(2)15(18-3)14-7-6-13(19-14)11-8-10(16)4-5-12(11)17/h4-9,15,18H,1-3H3. The summed E-state index contributed by atoms with van der Waals surface area (Å²) in [6.45, 7) is 4.26. The predicted molar refractivity (Wildman–Crippen MR) is 76.3 cm³/mol. The molecule has 1 unspecified atom stereocenters. The van der Waals surface area contributed by atoms with Crippen molar-refractivity contribution in [1.29, 1.82) is 0 Å². The summed E-state index contributed by atoms with van der Waals surface area (Å²) in [4.78, 5) is 1.89. The normalized spacial score (nSPS) is 12.9. The quantitative estimate of drug-likeness (QED) is 0.863. The van der Waals surface area contributed by atoms with E-state index in [0.29, 0.717) is 11.5 Å². The second kappa shape index (κ2) is 5.80. The van der Waals surface area contributed by atoms with Crippen LogP contribution >= 0.6 is 11.3 Å². The van der Waals surface area contributed by atoms with Crippen LogP contribution in [0.4, 0.5) is 8.78 Å². The molecule has 0 fully saturated rings. The van der Waals surface area contributed by atoms with E-state index >= 15 is 0 Å². The highest BCUT2D eigenvalue weighted by molar-refractivity contribution is 7.15. The molecular weight excluding hydrogens is 264 g/mol. The van der Waals surface area contributed by atoms with Gasteiger partial charge in [0.25, 0.3) is 0 Å². The molecule has 0 spiro atoms. The van der Waals surface area contributed by atoms with E-state index in [1.807, 2.05) is 19.2 Å². The summed E-state index contributed by atoms with van der Waals surface area (Å²) in [7, 11) is 1.91. The lowest BCUT2D eigenvalue weighted by Gasteiger charge is -2.18. The molecule has 0 saturated carbocycles. The van der Waals surface area contributed by atoms with Gasteiger partial charge >= 0.3 is 0 Å². The van der Waals surface area contributed by atoms with Crippen LogP contribution in [-0.4, -0.2) is 7.05 Å². The Labute approximate surface area is 116 Å². The van der Waals surface area contributed by atoms with Gasteiger partial charge in [-0.15, -0.1) is 11.3 Å². The number of rotatable bonds is 4. The maximum atomic E-state index is 13.7. The fourth-order valence-corrected chi connectivity index (χ4v) is 3.46. The summed E-state index contributed by atoms with van der Waals surface area (Å²) in [6.07, 6.45) is 0. The van der Waals surface area contributed by atoms with Crippen LogP contribution in [0.15, 0.2) is 30.3 Å². The summed E-state index contributed by atoms with van der Waals surface area (Å²) >= 11 is 1.50. The Balaban J connectivity index is 2.38. The molecule has 0 aliphatic carbocycles. The van der Waals surface area contributed by atoms with Gasteiger partial charge in [0.05, 0.1) is 0 Å². The molecule has 0 bridgehead atoms. The van der Waals surface area contributed by atoms with Gasteiger partial charge in [-0.05, 0) is 43.3 Å². The zero-order valence-electron chi connectivity index (χ0n) is 11.2. The van der Waals surface area contributed by atoms with Gasteiger partial charge in [-0.3, -0.25) is 0 Å². The van der Waals surface area contributed by atoms with Crippen molar-refractivity contribution in [3.8, 4) is 10.4 Å². The van der Waals surface area contributed by atoms with Gasteiger partial charge in [-0.1, -0.05) is 13.8 Å². The van der Waals surface area contributed by atoms with Gasteiger partial charge < -0.3 is 5.32 Å². The van der Waals surface area contributed by atoms with Gasteiger partial charge in [-0.25, -0.2) is 8.78 Å². The molecule has 1 aromatic carbocycles. The molecule has 1 atom stereocenters. The van der Waals surface area contributed by atoms with Gasteiger partial charge in [0.1, 0.15) is 11.6 Å². The van der Waals surface area contributed by atoms with Crippen LogP contribution in [0.1, 0.15) is 24.8 Å². The van der Waals surface area contributed by atoms with E-state index in [4.69, 9.17) is 0 Å². The van der Waals surface area contributed by atoms with Crippen molar-refractivity contribution < 1.29 is 8.78 Å². The average Bonchev–Trinajstić information content (AvgIpc) is 2.82. The first-order chi connectivity index (χ1) is 9.02. The molecule has 0 amide bonds. The molecule has 1 aromatic heterocycles. The summed E-state index contributed by atoms with van der Waals surface area (Å²) in [5.74, 6) is -0.366. The minimum atomic E-state index is -0.416. The largest absolute Gasteiger partial charge is 0.312 e. The van der Waals surface area contributed by atoms with E-state index in [2.05, 4.69) is 19.2 Å². The third-order valence-corrected chi connectivity index (χ3v) is 4.31. The van der Waals surface area contributed by atoms with E-state index in [1.54, 1.807) is 0 Å².